The smallest absolute Gasteiger partial charge is 0.264 e. The van der Waals surface area contributed by atoms with Crippen LogP contribution in [0.2, 0.25) is 0 Å². The van der Waals surface area contributed by atoms with Crippen molar-refractivity contribution in [3.05, 3.63) is 22.4 Å². The SMILES string of the molecule is O=C(c1cccs1)N1CCOC[C@@]2(C[C@H](CN3CCCC3)CO2)C1. The molecule has 0 unspecified atom stereocenters. The van der Waals surface area contributed by atoms with E-state index in [0.717, 1.165) is 24.4 Å². The van der Waals surface area contributed by atoms with Crippen LogP contribution in [-0.2, 0) is 9.47 Å². The maximum absolute atomic E-state index is 12.7. The summed E-state index contributed by atoms with van der Waals surface area (Å²) in [4.78, 5) is 18.0. The predicted molar refractivity (Wildman–Crippen MR) is 93.5 cm³/mol. The maximum Gasteiger partial charge on any atom is 0.264 e. The third-order valence-electron chi connectivity index (χ3n) is 5.37. The van der Waals surface area contributed by atoms with E-state index in [1.807, 2.05) is 22.4 Å². The molecule has 24 heavy (non-hydrogen) atoms. The lowest BCUT2D eigenvalue weighted by Crippen LogP contribution is -2.46. The predicted octanol–water partition coefficient (Wildman–Crippen LogP) is 2.09. The summed E-state index contributed by atoms with van der Waals surface area (Å²) in [6.07, 6.45) is 3.65. The molecule has 1 spiro atoms. The Hall–Kier alpha value is -0.950. The minimum atomic E-state index is -0.312. The van der Waals surface area contributed by atoms with Gasteiger partial charge in [0.25, 0.3) is 5.91 Å². The molecule has 132 valence electrons. The molecule has 4 rings (SSSR count). The summed E-state index contributed by atoms with van der Waals surface area (Å²) >= 11 is 1.50. The molecule has 3 fully saturated rings. The second-order valence-corrected chi connectivity index (χ2v) is 8.28. The quantitative estimate of drug-likeness (QED) is 0.837. The molecular weight excluding hydrogens is 324 g/mol. The topological polar surface area (TPSA) is 42.0 Å². The highest BCUT2D eigenvalue weighted by Crippen LogP contribution is 2.34. The van der Waals surface area contributed by atoms with Gasteiger partial charge in [0, 0.05) is 13.1 Å². The van der Waals surface area contributed by atoms with Gasteiger partial charge in [-0.1, -0.05) is 6.07 Å². The van der Waals surface area contributed by atoms with Crippen LogP contribution in [0.15, 0.2) is 17.5 Å². The van der Waals surface area contributed by atoms with E-state index in [9.17, 15) is 4.79 Å². The first-order valence-electron chi connectivity index (χ1n) is 9.01. The molecule has 1 aromatic rings. The zero-order chi connectivity index (χ0) is 16.4. The lowest BCUT2D eigenvalue weighted by molar-refractivity contribution is -0.0539. The number of hydrogen-bond donors (Lipinski definition) is 0. The molecule has 3 saturated heterocycles. The van der Waals surface area contributed by atoms with Crippen molar-refractivity contribution in [2.45, 2.75) is 24.9 Å². The molecule has 1 aromatic heterocycles. The average molecular weight is 350 g/mol. The molecule has 0 saturated carbocycles. The summed E-state index contributed by atoms with van der Waals surface area (Å²) in [5, 5.41) is 1.95. The highest BCUT2D eigenvalue weighted by atomic mass is 32.1. The number of nitrogens with zero attached hydrogens (tertiary/aromatic N) is 2. The fourth-order valence-electron chi connectivity index (χ4n) is 4.23. The minimum absolute atomic E-state index is 0.112. The van der Waals surface area contributed by atoms with Gasteiger partial charge in [-0.3, -0.25) is 4.79 Å². The van der Waals surface area contributed by atoms with Crippen molar-refractivity contribution < 1.29 is 14.3 Å². The molecule has 0 aliphatic carbocycles. The van der Waals surface area contributed by atoms with E-state index in [2.05, 4.69) is 4.90 Å². The van der Waals surface area contributed by atoms with Gasteiger partial charge in [-0.25, -0.2) is 0 Å². The highest BCUT2D eigenvalue weighted by Gasteiger charge is 2.44. The average Bonchev–Trinajstić information content (AvgIpc) is 3.30. The first kappa shape index (κ1) is 16.5. The molecule has 4 heterocycles. The number of amides is 1. The van der Waals surface area contributed by atoms with Gasteiger partial charge in [-0.05, 0) is 49.7 Å². The first-order valence-corrected chi connectivity index (χ1v) is 9.89. The molecule has 0 N–H and O–H groups in total. The molecule has 0 radical (unpaired) electrons. The zero-order valence-corrected chi connectivity index (χ0v) is 14.9. The molecular formula is C18H26N2O3S. The number of carbonyl (C=O) groups excluding carboxylic acids is 1. The van der Waals surface area contributed by atoms with Crippen LogP contribution in [-0.4, -0.2) is 73.9 Å². The van der Waals surface area contributed by atoms with Gasteiger partial charge in [0.05, 0.1) is 31.2 Å². The van der Waals surface area contributed by atoms with Crippen molar-refractivity contribution in [2.75, 3.05) is 52.5 Å². The van der Waals surface area contributed by atoms with Crippen LogP contribution in [0.4, 0.5) is 0 Å². The van der Waals surface area contributed by atoms with E-state index in [-0.39, 0.29) is 11.5 Å². The minimum Gasteiger partial charge on any atom is -0.377 e. The van der Waals surface area contributed by atoms with Crippen molar-refractivity contribution in [3.8, 4) is 0 Å². The van der Waals surface area contributed by atoms with E-state index in [1.165, 1.54) is 37.3 Å². The molecule has 1 amide bonds. The van der Waals surface area contributed by atoms with E-state index in [0.29, 0.717) is 32.2 Å². The van der Waals surface area contributed by atoms with E-state index in [1.54, 1.807) is 0 Å². The Morgan fingerprint density at radius 2 is 2.21 bits per heavy atom. The summed E-state index contributed by atoms with van der Waals surface area (Å²) in [5.41, 5.74) is -0.312. The lowest BCUT2D eigenvalue weighted by atomic mass is 9.94. The van der Waals surface area contributed by atoms with Crippen LogP contribution in [0.3, 0.4) is 0 Å². The molecule has 0 aromatic carbocycles. The van der Waals surface area contributed by atoms with Crippen LogP contribution in [0.25, 0.3) is 0 Å². The number of rotatable bonds is 3. The van der Waals surface area contributed by atoms with Crippen molar-refractivity contribution in [1.29, 1.82) is 0 Å². The summed E-state index contributed by atoms with van der Waals surface area (Å²) in [5.74, 6) is 0.671. The van der Waals surface area contributed by atoms with Crippen LogP contribution in [0.5, 0.6) is 0 Å². The van der Waals surface area contributed by atoms with E-state index < -0.39 is 0 Å². The second kappa shape index (κ2) is 7.12. The zero-order valence-electron chi connectivity index (χ0n) is 14.1. The largest absolute Gasteiger partial charge is 0.377 e. The summed E-state index contributed by atoms with van der Waals surface area (Å²) in [6, 6.07) is 3.83. The second-order valence-electron chi connectivity index (χ2n) is 7.33. The molecule has 5 nitrogen and oxygen atoms in total. The normalized spacial score (nSPS) is 31.7. The van der Waals surface area contributed by atoms with Gasteiger partial charge in [-0.2, -0.15) is 0 Å². The Kier molecular flexibility index (Phi) is 4.90. The van der Waals surface area contributed by atoms with Crippen LogP contribution in [0.1, 0.15) is 28.9 Å². The first-order chi connectivity index (χ1) is 11.7. The van der Waals surface area contributed by atoms with Crippen LogP contribution in [0, 0.1) is 5.92 Å². The van der Waals surface area contributed by atoms with Gasteiger partial charge in [0.15, 0.2) is 0 Å². The molecule has 2 atom stereocenters. The van der Waals surface area contributed by atoms with E-state index >= 15 is 0 Å². The summed E-state index contributed by atoms with van der Waals surface area (Å²) < 4.78 is 12.1. The molecule has 6 heteroatoms. The monoisotopic (exact) mass is 350 g/mol. The highest BCUT2D eigenvalue weighted by molar-refractivity contribution is 7.12. The van der Waals surface area contributed by atoms with Crippen molar-refractivity contribution in [3.63, 3.8) is 0 Å². The Morgan fingerprint density at radius 1 is 1.33 bits per heavy atom. The third-order valence-corrected chi connectivity index (χ3v) is 6.23. The van der Waals surface area contributed by atoms with Gasteiger partial charge >= 0.3 is 0 Å². The summed E-state index contributed by atoms with van der Waals surface area (Å²) in [7, 11) is 0. The lowest BCUT2D eigenvalue weighted by Gasteiger charge is -2.31. The van der Waals surface area contributed by atoms with Crippen molar-refractivity contribution in [1.82, 2.24) is 9.80 Å². The Bertz CT molecular complexity index is 559. The third kappa shape index (κ3) is 3.52. The van der Waals surface area contributed by atoms with Gasteiger partial charge in [-0.15, -0.1) is 11.3 Å². The molecule has 3 aliphatic rings. The fraction of sp³-hybridized carbons (Fsp3) is 0.722. The van der Waals surface area contributed by atoms with Crippen LogP contribution >= 0.6 is 11.3 Å². The van der Waals surface area contributed by atoms with Crippen molar-refractivity contribution >= 4 is 17.2 Å². The number of ether oxygens (including phenoxy) is 2. The van der Waals surface area contributed by atoms with Gasteiger partial charge < -0.3 is 19.3 Å². The number of thiophene rings is 1. The Labute approximate surface area is 147 Å². The number of likely N-dealkylation sites (tertiary alicyclic amines) is 1. The van der Waals surface area contributed by atoms with Gasteiger partial charge in [0.1, 0.15) is 5.60 Å². The number of carbonyl (C=O) groups is 1. The van der Waals surface area contributed by atoms with Crippen molar-refractivity contribution in [2.24, 2.45) is 5.92 Å². The standard InChI is InChI=1S/C18H26N2O3S/c21-17(16-4-3-9-24-16)20-7-8-22-14-18(13-20)10-15(12-23-18)11-19-5-1-2-6-19/h3-4,9,15H,1-2,5-8,10-14H2/t15-,18-/m1/s1. The maximum atomic E-state index is 12.7. The van der Waals surface area contributed by atoms with Gasteiger partial charge in [0.2, 0.25) is 0 Å². The Balaban J connectivity index is 1.41. The molecule has 0 bridgehead atoms. The van der Waals surface area contributed by atoms with Crippen LogP contribution < -0.4 is 0 Å². The van der Waals surface area contributed by atoms with E-state index in [4.69, 9.17) is 9.47 Å². The fourth-order valence-corrected chi connectivity index (χ4v) is 4.92. The molecule has 3 aliphatic heterocycles. The number of hydrogen-bond acceptors (Lipinski definition) is 5. The Morgan fingerprint density at radius 3 is 3.00 bits per heavy atom. The summed E-state index contributed by atoms with van der Waals surface area (Å²) in [6.45, 7) is 6.88.